The number of nitrogens with zero attached hydrogens (tertiary/aromatic N) is 1. The van der Waals surface area contributed by atoms with Gasteiger partial charge in [0.15, 0.2) is 12.6 Å². The molecule has 186 valence electrons. The fourth-order valence-electron chi connectivity index (χ4n) is 5.61. The van der Waals surface area contributed by atoms with Crippen molar-refractivity contribution >= 4 is 17.6 Å². The molecule has 6 rings (SSSR count). The number of hydrogen-bond acceptors (Lipinski definition) is 5. The summed E-state index contributed by atoms with van der Waals surface area (Å²) in [6, 6.07) is 24.1. The molecule has 3 aliphatic heterocycles. The summed E-state index contributed by atoms with van der Waals surface area (Å²) in [5.41, 5.74) is -0.378. The number of hydrogen-bond donors (Lipinski definition) is 3. The van der Waals surface area contributed by atoms with Crippen molar-refractivity contribution in [2.24, 2.45) is 5.92 Å². The van der Waals surface area contributed by atoms with Crippen LogP contribution in [0.15, 0.2) is 84.9 Å². The Balaban J connectivity index is 1.32. The second kappa shape index (κ2) is 9.76. The van der Waals surface area contributed by atoms with Crippen LogP contribution in [0, 0.1) is 5.92 Å². The zero-order valence-electron chi connectivity index (χ0n) is 20.0. The first-order chi connectivity index (χ1) is 17.4. The van der Waals surface area contributed by atoms with Crippen LogP contribution in [-0.4, -0.2) is 58.9 Å². The molecule has 0 radical (unpaired) electrons. The predicted octanol–water partition coefficient (Wildman–Crippen LogP) is 3.42. The Kier molecular flexibility index (Phi) is 6.51. The van der Waals surface area contributed by atoms with Crippen LogP contribution >= 0.6 is 0 Å². The third-order valence-electron chi connectivity index (χ3n) is 7.61. The molecule has 0 aliphatic carbocycles. The summed E-state index contributed by atoms with van der Waals surface area (Å²) in [6.45, 7) is 2.52. The van der Waals surface area contributed by atoms with Crippen LogP contribution in [-0.2, 0) is 19.9 Å². The van der Waals surface area contributed by atoms with E-state index in [-0.39, 0.29) is 30.2 Å². The zero-order valence-corrected chi connectivity index (χ0v) is 20.0. The first-order valence-corrected chi connectivity index (χ1v) is 12.4. The second-order valence-corrected chi connectivity index (χ2v) is 9.95. The number of carbonyl (C=O) groups is 2. The monoisotopic (exact) mass is 487 g/mol. The second-order valence-electron chi connectivity index (χ2n) is 9.95. The molecule has 3 fully saturated rings. The van der Waals surface area contributed by atoms with Crippen molar-refractivity contribution in [2.45, 2.75) is 24.5 Å². The molecule has 2 bridgehead atoms. The predicted molar refractivity (Wildman–Crippen MR) is 135 cm³/mol. The van der Waals surface area contributed by atoms with E-state index in [4.69, 9.17) is 4.74 Å². The minimum atomic E-state index is -1.92. The van der Waals surface area contributed by atoms with Crippen molar-refractivity contribution in [2.75, 3.05) is 31.5 Å². The van der Waals surface area contributed by atoms with Gasteiger partial charge in [-0.2, -0.15) is 0 Å². The van der Waals surface area contributed by atoms with Crippen LogP contribution in [0.3, 0.4) is 0 Å². The molecule has 0 unspecified atom stereocenters. The van der Waals surface area contributed by atoms with E-state index in [1.165, 1.54) is 12.1 Å². The van der Waals surface area contributed by atoms with Crippen molar-refractivity contribution in [3.8, 4) is 5.75 Å². The van der Waals surface area contributed by atoms with Crippen LogP contribution < -0.4 is 5.32 Å². The van der Waals surface area contributed by atoms with Gasteiger partial charge in [-0.15, -0.1) is 0 Å². The van der Waals surface area contributed by atoms with Crippen molar-refractivity contribution in [1.82, 2.24) is 0 Å². The lowest BCUT2D eigenvalue weighted by molar-refractivity contribution is -0.939. The summed E-state index contributed by atoms with van der Waals surface area (Å²) in [5, 5.41) is 24.1. The summed E-state index contributed by atoms with van der Waals surface area (Å²) in [4.78, 5) is 26.5. The number of amides is 1. The molecule has 3 heterocycles. The summed E-state index contributed by atoms with van der Waals surface area (Å²) in [5.74, 6) is -0.449. The van der Waals surface area contributed by atoms with Gasteiger partial charge in [0.1, 0.15) is 12.3 Å². The first kappa shape index (κ1) is 24.0. The normalized spacial score (nSPS) is 23.1. The molecule has 0 aromatic heterocycles. The molecule has 36 heavy (non-hydrogen) atoms. The molecule has 3 saturated heterocycles. The molecule has 1 amide bonds. The smallest absolute Gasteiger partial charge is 0.348 e. The van der Waals surface area contributed by atoms with E-state index >= 15 is 0 Å². The fourth-order valence-corrected chi connectivity index (χ4v) is 5.61. The number of fused-ring (bicyclic) bond motifs is 3. The van der Waals surface area contributed by atoms with Gasteiger partial charge in [-0.25, -0.2) is 4.79 Å². The minimum absolute atomic E-state index is 0.115. The Morgan fingerprint density at radius 1 is 0.889 bits per heavy atom. The van der Waals surface area contributed by atoms with Crippen LogP contribution in [0.2, 0.25) is 0 Å². The highest BCUT2D eigenvalue weighted by Crippen LogP contribution is 2.38. The van der Waals surface area contributed by atoms with Crippen molar-refractivity contribution in [3.05, 3.63) is 96.1 Å². The van der Waals surface area contributed by atoms with Gasteiger partial charge >= 0.3 is 5.97 Å². The molecule has 0 saturated carbocycles. The molecule has 0 spiro atoms. The maximum absolute atomic E-state index is 13.6. The molecule has 1 atom stereocenters. The highest BCUT2D eigenvalue weighted by molar-refractivity contribution is 5.91. The Labute approximate surface area is 210 Å². The summed E-state index contributed by atoms with van der Waals surface area (Å²) in [6.07, 6.45) is 1.35. The topological polar surface area (TPSA) is 95.9 Å². The van der Waals surface area contributed by atoms with Crippen LogP contribution in [0.4, 0.5) is 5.69 Å². The number of esters is 1. The van der Waals surface area contributed by atoms with E-state index in [1.807, 2.05) is 12.1 Å². The van der Waals surface area contributed by atoms with Crippen LogP contribution in [0.25, 0.3) is 0 Å². The first-order valence-electron chi connectivity index (χ1n) is 12.4. The van der Waals surface area contributed by atoms with Gasteiger partial charge in [0.25, 0.3) is 5.91 Å². The number of aromatic hydroxyl groups is 1. The Morgan fingerprint density at radius 3 is 2.00 bits per heavy atom. The molecule has 3 aliphatic rings. The van der Waals surface area contributed by atoms with E-state index in [0.717, 1.165) is 25.9 Å². The molecule has 3 N–H and O–H groups in total. The van der Waals surface area contributed by atoms with Crippen molar-refractivity contribution < 1.29 is 29.0 Å². The fraction of sp³-hybridized carbons (Fsp3) is 0.310. The number of quaternary nitrogens is 1. The number of phenols is 1. The summed E-state index contributed by atoms with van der Waals surface area (Å²) in [7, 11) is 0. The Hall–Kier alpha value is -3.68. The number of ether oxygens (including phenoxy) is 1. The average Bonchev–Trinajstić information content (AvgIpc) is 2.91. The number of nitrogens with one attached hydrogen (secondary N) is 1. The van der Waals surface area contributed by atoms with Crippen LogP contribution in [0.1, 0.15) is 24.0 Å². The number of aliphatic hydroxyl groups is 1. The maximum Gasteiger partial charge on any atom is 0.348 e. The molecule has 7 heteroatoms. The number of benzene rings is 3. The van der Waals surface area contributed by atoms with Gasteiger partial charge in [0, 0.05) is 24.4 Å². The zero-order chi connectivity index (χ0) is 25.2. The highest BCUT2D eigenvalue weighted by atomic mass is 16.6. The number of carbonyl (C=O) groups excluding carboxylic acids is 2. The Bertz CT molecular complexity index is 1170. The average molecular weight is 488 g/mol. The lowest BCUT2D eigenvalue weighted by Crippen LogP contribution is -2.66. The van der Waals surface area contributed by atoms with Gasteiger partial charge in [-0.05, 0) is 35.4 Å². The number of phenolic OH excluding ortho intramolecular Hbond substituents is 1. The van der Waals surface area contributed by atoms with Gasteiger partial charge in [0.05, 0.1) is 13.1 Å². The molecule has 7 nitrogen and oxygen atoms in total. The highest BCUT2D eigenvalue weighted by Gasteiger charge is 2.51. The number of rotatable bonds is 7. The van der Waals surface area contributed by atoms with E-state index in [0.29, 0.717) is 27.8 Å². The molecular formula is C29H31N2O5+. The Morgan fingerprint density at radius 2 is 1.44 bits per heavy atom. The van der Waals surface area contributed by atoms with E-state index < -0.39 is 11.6 Å². The molecule has 3 aromatic carbocycles. The van der Waals surface area contributed by atoms with E-state index in [9.17, 15) is 19.8 Å². The van der Waals surface area contributed by atoms with Gasteiger partial charge in [-0.1, -0.05) is 60.7 Å². The number of piperidine rings is 3. The SMILES string of the molecule is O=C(C[N+]12CCC(CC1)[C@@H](OC(=O)C(O)(c1ccccc1)c1ccccc1)C2)Nc1ccc(O)cc1. The van der Waals surface area contributed by atoms with Gasteiger partial charge in [-0.3, -0.25) is 4.79 Å². The minimum Gasteiger partial charge on any atom is -0.508 e. The van der Waals surface area contributed by atoms with Crippen molar-refractivity contribution in [3.63, 3.8) is 0 Å². The third-order valence-corrected chi connectivity index (χ3v) is 7.61. The van der Waals surface area contributed by atoms with E-state index in [2.05, 4.69) is 5.32 Å². The molecule has 3 aromatic rings. The van der Waals surface area contributed by atoms with Crippen molar-refractivity contribution in [1.29, 1.82) is 0 Å². The standard InChI is InChI=1S/C29H30N2O5/c32-25-13-11-24(12-14-25)30-27(33)20-31-17-15-21(16-18-31)26(19-31)36-28(34)29(35,22-7-3-1-4-8-22)23-9-5-2-6-10-23/h1-14,21,26,35H,15-20H2,(H-,30,32,33)/p+1/t21?,26-,31?/m0/s1. The quantitative estimate of drug-likeness (QED) is 0.270. The van der Waals surface area contributed by atoms with Gasteiger partial charge in [0.2, 0.25) is 5.60 Å². The molecular weight excluding hydrogens is 456 g/mol. The largest absolute Gasteiger partial charge is 0.508 e. The third kappa shape index (κ3) is 4.72. The lowest BCUT2D eigenvalue weighted by atomic mass is 9.82. The van der Waals surface area contributed by atoms with Crippen LogP contribution in [0.5, 0.6) is 5.75 Å². The van der Waals surface area contributed by atoms with E-state index in [1.54, 1.807) is 60.7 Å². The number of anilines is 1. The van der Waals surface area contributed by atoms with Gasteiger partial charge < -0.3 is 24.7 Å². The maximum atomic E-state index is 13.6. The summed E-state index contributed by atoms with van der Waals surface area (Å²) >= 11 is 0. The summed E-state index contributed by atoms with van der Waals surface area (Å²) < 4.78 is 6.62. The lowest BCUT2D eigenvalue weighted by Gasteiger charge is -2.51.